The summed E-state index contributed by atoms with van der Waals surface area (Å²) in [5.41, 5.74) is 0.744. The molecule has 0 aliphatic rings. The molecule has 0 aliphatic carbocycles. The standard InChI is InChI=1S/C12H15N3O2S2/c1-2-13-9-10-5-3-4-6-11(10)19(16,17)15-12-14-7-8-18-12/h3-8,13H,2,9H2,1H3,(H,14,15). The van der Waals surface area contributed by atoms with Crippen LogP contribution in [0.4, 0.5) is 5.13 Å². The monoisotopic (exact) mass is 297 g/mol. The number of nitrogens with zero attached hydrogens (tertiary/aromatic N) is 1. The van der Waals surface area contributed by atoms with Gasteiger partial charge in [0.05, 0.1) is 4.90 Å². The molecule has 1 aromatic carbocycles. The van der Waals surface area contributed by atoms with E-state index in [1.165, 1.54) is 11.3 Å². The van der Waals surface area contributed by atoms with Crippen LogP contribution in [0, 0.1) is 0 Å². The predicted octanol–water partition coefficient (Wildman–Crippen LogP) is 2.05. The number of nitrogens with one attached hydrogen (secondary N) is 2. The van der Waals surface area contributed by atoms with Gasteiger partial charge in [-0.1, -0.05) is 25.1 Å². The maximum atomic E-state index is 12.3. The maximum Gasteiger partial charge on any atom is 0.263 e. The molecule has 102 valence electrons. The molecule has 2 rings (SSSR count). The van der Waals surface area contributed by atoms with Crippen LogP contribution in [0.3, 0.4) is 0 Å². The molecule has 1 heterocycles. The molecule has 2 aromatic rings. The van der Waals surface area contributed by atoms with Crippen molar-refractivity contribution in [3.63, 3.8) is 0 Å². The van der Waals surface area contributed by atoms with E-state index in [0.717, 1.165) is 12.1 Å². The molecule has 0 saturated carbocycles. The van der Waals surface area contributed by atoms with Gasteiger partial charge >= 0.3 is 0 Å². The number of rotatable bonds is 6. The van der Waals surface area contributed by atoms with Gasteiger partial charge in [-0.3, -0.25) is 4.72 Å². The van der Waals surface area contributed by atoms with Gasteiger partial charge in [0.1, 0.15) is 0 Å². The predicted molar refractivity (Wildman–Crippen MR) is 76.7 cm³/mol. The molecule has 5 nitrogen and oxygen atoms in total. The summed E-state index contributed by atoms with van der Waals surface area (Å²) < 4.78 is 27.1. The van der Waals surface area contributed by atoms with Gasteiger partial charge in [0, 0.05) is 18.1 Å². The van der Waals surface area contributed by atoms with Crippen molar-refractivity contribution >= 4 is 26.5 Å². The lowest BCUT2D eigenvalue weighted by Crippen LogP contribution is -2.18. The quantitative estimate of drug-likeness (QED) is 0.856. The van der Waals surface area contributed by atoms with Gasteiger partial charge in [0.15, 0.2) is 5.13 Å². The van der Waals surface area contributed by atoms with E-state index >= 15 is 0 Å². The molecule has 2 N–H and O–H groups in total. The first kappa shape index (κ1) is 14.0. The van der Waals surface area contributed by atoms with E-state index in [9.17, 15) is 8.42 Å². The molecule has 0 atom stereocenters. The van der Waals surface area contributed by atoms with Crippen molar-refractivity contribution in [2.24, 2.45) is 0 Å². The van der Waals surface area contributed by atoms with Crippen LogP contribution in [0.5, 0.6) is 0 Å². The summed E-state index contributed by atoms with van der Waals surface area (Å²) in [6, 6.07) is 6.95. The van der Waals surface area contributed by atoms with Crippen molar-refractivity contribution < 1.29 is 8.42 Å². The number of sulfonamides is 1. The lowest BCUT2D eigenvalue weighted by Gasteiger charge is -2.11. The third-order valence-corrected chi connectivity index (χ3v) is 4.74. The first-order valence-corrected chi connectivity index (χ1v) is 8.20. The van der Waals surface area contributed by atoms with Crippen LogP contribution >= 0.6 is 11.3 Å². The molecule has 0 amide bonds. The van der Waals surface area contributed by atoms with Gasteiger partial charge in [-0.05, 0) is 18.2 Å². The number of thiazole rings is 1. The fraction of sp³-hybridized carbons (Fsp3) is 0.250. The highest BCUT2D eigenvalue weighted by atomic mass is 32.2. The van der Waals surface area contributed by atoms with E-state index < -0.39 is 10.0 Å². The number of hydrogen-bond donors (Lipinski definition) is 2. The Morgan fingerprint density at radius 2 is 2.11 bits per heavy atom. The molecule has 7 heteroatoms. The lowest BCUT2D eigenvalue weighted by atomic mass is 10.2. The molecule has 0 saturated heterocycles. The van der Waals surface area contributed by atoms with Gasteiger partial charge in [0.2, 0.25) is 0 Å². The highest BCUT2D eigenvalue weighted by Gasteiger charge is 2.18. The van der Waals surface area contributed by atoms with E-state index in [0.29, 0.717) is 11.7 Å². The smallest absolute Gasteiger partial charge is 0.263 e. The van der Waals surface area contributed by atoms with E-state index in [-0.39, 0.29) is 4.90 Å². The van der Waals surface area contributed by atoms with Crippen LogP contribution in [-0.4, -0.2) is 19.9 Å². The highest BCUT2D eigenvalue weighted by Crippen LogP contribution is 2.20. The Hall–Kier alpha value is -1.44. The Balaban J connectivity index is 2.29. The molecule has 1 aromatic heterocycles. The van der Waals surface area contributed by atoms with E-state index in [4.69, 9.17) is 0 Å². The van der Waals surface area contributed by atoms with Crippen molar-refractivity contribution in [3.05, 3.63) is 41.4 Å². The van der Waals surface area contributed by atoms with Crippen LogP contribution < -0.4 is 10.0 Å². The van der Waals surface area contributed by atoms with Gasteiger partial charge in [-0.25, -0.2) is 13.4 Å². The second kappa shape index (κ2) is 6.14. The SMILES string of the molecule is CCNCc1ccccc1S(=O)(=O)Nc1nccs1. The molecule has 0 aliphatic heterocycles. The Morgan fingerprint density at radius 3 is 2.79 bits per heavy atom. The van der Waals surface area contributed by atoms with Crippen LogP contribution in [-0.2, 0) is 16.6 Å². The zero-order valence-electron chi connectivity index (χ0n) is 10.5. The van der Waals surface area contributed by atoms with Crippen LogP contribution in [0.1, 0.15) is 12.5 Å². The zero-order valence-corrected chi connectivity index (χ0v) is 12.1. The first-order valence-electron chi connectivity index (χ1n) is 5.84. The summed E-state index contributed by atoms with van der Waals surface area (Å²) in [7, 11) is -3.59. The molecule has 0 bridgehead atoms. The van der Waals surface area contributed by atoms with E-state index in [1.54, 1.807) is 29.8 Å². The number of anilines is 1. The van der Waals surface area contributed by atoms with Crippen molar-refractivity contribution in [1.29, 1.82) is 0 Å². The van der Waals surface area contributed by atoms with E-state index in [1.807, 2.05) is 13.0 Å². The Labute approximate surface area is 116 Å². The van der Waals surface area contributed by atoms with Gasteiger partial charge in [-0.15, -0.1) is 11.3 Å². The third kappa shape index (κ3) is 3.52. The Morgan fingerprint density at radius 1 is 1.32 bits per heavy atom. The fourth-order valence-corrected chi connectivity index (χ4v) is 3.65. The summed E-state index contributed by atoms with van der Waals surface area (Å²) in [4.78, 5) is 4.21. The number of aromatic nitrogens is 1. The topological polar surface area (TPSA) is 71.1 Å². The minimum Gasteiger partial charge on any atom is -0.313 e. The molecular weight excluding hydrogens is 282 g/mol. The maximum absolute atomic E-state index is 12.3. The lowest BCUT2D eigenvalue weighted by molar-refractivity contribution is 0.598. The van der Waals surface area contributed by atoms with Crippen molar-refractivity contribution in [3.8, 4) is 0 Å². The van der Waals surface area contributed by atoms with Gasteiger partial charge < -0.3 is 5.32 Å². The zero-order chi connectivity index (χ0) is 13.7. The highest BCUT2D eigenvalue weighted by molar-refractivity contribution is 7.93. The van der Waals surface area contributed by atoms with Crippen LogP contribution in [0.15, 0.2) is 40.7 Å². The van der Waals surface area contributed by atoms with Crippen LogP contribution in [0.25, 0.3) is 0 Å². The minimum atomic E-state index is -3.59. The molecule has 0 unspecified atom stereocenters. The molecule has 19 heavy (non-hydrogen) atoms. The second-order valence-corrected chi connectivity index (χ2v) is 6.38. The summed E-state index contributed by atoms with van der Waals surface area (Å²) in [6.45, 7) is 3.28. The third-order valence-electron chi connectivity index (χ3n) is 2.48. The molecule has 0 spiro atoms. The largest absolute Gasteiger partial charge is 0.313 e. The summed E-state index contributed by atoms with van der Waals surface area (Å²) >= 11 is 1.25. The normalized spacial score (nSPS) is 11.4. The molecule has 0 radical (unpaired) electrons. The summed E-state index contributed by atoms with van der Waals surface area (Å²) in [6.07, 6.45) is 1.56. The second-order valence-electron chi connectivity index (χ2n) is 3.83. The van der Waals surface area contributed by atoms with E-state index in [2.05, 4.69) is 15.0 Å². The van der Waals surface area contributed by atoms with Crippen molar-refractivity contribution in [2.45, 2.75) is 18.4 Å². The van der Waals surface area contributed by atoms with Crippen molar-refractivity contribution in [1.82, 2.24) is 10.3 Å². The first-order chi connectivity index (χ1) is 9.13. The average Bonchev–Trinajstić information content (AvgIpc) is 2.88. The molecular formula is C12H15N3O2S2. The summed E-state index contributed by atoms with van der Waals surface area (Å²) in [5.74, 6) is 0. The van der Waals surface area contributed by atoms with Crippen LogP contribution in [0.2, 0.25) is 0 Å². The van der Waals surface area contributed by atoms with Gasteiger partial charge in [-0.2, -0.15) is 0 Å². The Kier molecular flexibility index (Phi) is 4.52. The number of benzene rings is 1. The summed E-state index contributed by atoms with van der Waals surface area (Å²) in [5, 5.41) is 5.23. The van der Waals surface area contributed by atoms with Gasteiger partial charge in [0.25, 0.3) is 10.0 Å². The average molecular weight is 297 g/mol. The number of hydrogen-bond acceptors (Lipinski definition) is 5. The Bertz CT molecular complexity index is 624. The minimum absolute atomic E-state index is 0.283. The fourth-order valence-electron chi connectivity index (χ4n) is 1.62. The van der Waals surface area contributed by atoms with Crippen molar-refractivity contribution in [2.75, 3.05) is 11.3 Å². The molecule has 0 fully saturated rings.